The molecule has 0 aliphatic rings. The van der Waals surface area contributed by atoms with Crippen molar-refractivity contribution in [1.29, 1.82) is 0 Å². The van der Waals surface area contributed by atoms with E-state index in [9.17, 15) is 0 Å². The Morgan fingerprint density at radius 3 is 2.89 bits per heavy atom. The van der Waals surface area contributed by atoms with Crippen molar-refractivity contribution in [3.63, 3.8) is 0 Å². The van der Waals surface area contributed by atoms with Gasteiger partial charge in [0.1, 0.15) is 0 Å². The molecule has 1 atom stereocenters. The van der Waals surface area contributed by atoms with Crippen LogP contribution in [0.15, 0.2) is 17.8 Å². The van der Waals surface area contributed by atoms with E-state index >= 15 is 0 Å². The van der Waals surface area contributed by atoms with E-state index in [0.717, 1.165) is 25.1 Å². The summed E-state index contributed by atoms with van der Waals surface area (Å²) >= 11 is 1.71. The molecular weight excluding hydrogens is 244 g/mol. The minimum absolute atomic E-state index is 0.316. The Hall–Kier alpha value is -1.20. The van der Waals surface area contributed by atoms with Gasteiger partial charge in [0.15, 0.2) is 0 Å². The lowest BCUT2D eigenvalue weighted by molar-refractivity contribution is 0.495. The average Bonchev–Trinajstić information content (AvgIpc) is 2.94. The van der Waals surface area contributed by atoms with Crippen LogP contribution >= 0.6 is 11.3 Å². The zero-order valence-corrected chi connectivity index (χ0v) is 12.0. The summed E-state index contributed by atoms with van der Waals surface area (Å²) in [5.41, 5.74) is 4.20. The molecule has 1 N–H and O–H groups in total. The SMILES string of the molecule is CCCNC(Cc1cncs1)c1cc(C)nn1C. The number of aromatic nitrogens is 3. The molecule has 0 amide bonds. The largest absolute Gasteiger partial charge is 0.308 e. The van der Waals surface area contributed by atoms with E-state index in [4.69, 9.17) is 0 Å². The first-order valence-electron chi connectivity index (χ1n) is 6.32. The Balaban J connectivity index is 2.16. The summed E-state index contributed by atoms with van der Waals surface area (Å²) < 4.78 is 1.98. The highest BCUT2D eigenvalue weighted by Gasteiger charge is 2.16. The minimum Gasteiger partial charge on any atom is -0.308 e. The van der Waals surface area contributed by atoms with E-state index < -0.39 is 0 Å². The number of nitrogens with one attached hydrogen (secondary N) is 1. The van der Waals surface area contributed by atoms with Gasteiger partial charge in [-0.15, -0.1) is 11.3 Å². The fourth-order valence-corrected chi connectivity index (χ4v) is 2.74. The molecule has 5 heteroatoms. The summed E-state index contributed by atoms with van der Waals surface area (Å²) in [6, 6.07) is 2.48. The molecule has 0 fully saturated rings. The van der Waals surface area contributed by atoms with Gasteiger partial charge in [0.2, 0.25) is 0 Å². The van der Waals surface area contributed by atoms with Crippen LogP contribution in [-0.2, 0) is 13.5 Å². The number of rotatable bonds is 6. The van der Waals surface area contributed by atoms with E-state index in [1.54, 1.807) is 11.3 Å². The van der Waals surface area contributed by atoms with Gasteiger partial charge in [-0.3, -0.25) is 9.67 Å². The lowest BCUT2D eigenvalue weighted by Gasteiger charge is -2.17. The number of nitrogens with zero attached hydrogens (tertiary/aromatic N) is 3. The summed E-state index contributed by atoms with van der Waals surface area (Å²) in [5, 5.41) is 8.03. The van der Waals surface area contributed by atoms with Crippen LogP contribution in [0.3, 0.4) is 0 Å². The third kappa shape index (κ3) is 3.17. The molecule has 0 aliphatic carbocycles. The van der Waals surface area contributed by atoms with Gasteiger partial charge in [0.05, 0.1) is 22.9 Å². The molecule has 1 unspecified atom stereocenters. The molecule has 0 saturated carbocycles. The second-order valence-corrected chi connectivity index (χ2v) is 5.48. The van der Waals surface area contributed by atoms with Crippen LogP contribution in [0.1, 0.15) is 35.7 Å². The molecule has 0 bridgehead atoms. The third-order valence-electron chi connectivity index (χ3n) is 2.92. The van der Waals surface area contributed by atoms with Crippen molar-refractivity contribution in [2.75, 3.05) is 6.54 Å². The average molecular weight is 264 g/mol. The van der Waals surface area contributed by atoms with Crippen molar-refractivity contribution < 1.29 is 0 Å². The highest BCUT2D eigenvalue weighted by molar-refractivity contribution is 7.09. The lowest BCUT2D eigenvalue weighted by Crippen LogP contribution is -2.25. The van der Waals surface area contributed by atoms with Crippen molar-refractivity contribution in [3.05, 3.63) is 34.0 Å². The highest BCUT2D eigenvalue weighted by Crippen LogP contribution is 2.20. The summed E-state index contributed by atoms with van der Waals surface area (Å²) in [4.78, 5) is 5.45. The van der Waals surface area contributed by atoms with Gasteiger partial charge in [-0.25, -0.2) is 0 Å². The fourth-order valence-electron chi connectivity index (χ4n) is 2.10. The van der Waals surface area contributed by atoms with E-state index in [1.165, 1.54) is 10.6 Å². The predicted molar refractivity (Wildman–Crippen MR) is 74.8 cm³/mol. The van der Waals surface area contributed by atoms with Crippen LogP contribution in [0.4, 0.5) is 0 Å². The van der Waals surface area contributed by atoms with Gasteiger partial charge in [-0.05, 0) is 26.0 Å². The van der Waals surface area contributed by atoms with Crippen LogP contribution in [0.2, 0.25) is 0 Å². The first-order valence-corrected chi connectivity index (χ1v) is 7.20. The molecule has 0 aromatic carbocycles. The fraction of sp³-hybridized carbons (Fsp3) is 0.538. The lowest BCUT2D eigenvalue weighted by atomic mass is 10.1. The number of aryl methyl sites for hydroxylation is 2. The minimum atomic E-state index is 0.316. The second kappa shape index (κ2) is 6.11. The zero-order valence-electron chi connectivity index (χ0n) is 11.2. The Labute approximate surface area is 112 Å². The van der Waals surface area contributed by atoms with Gasteiger partial charge in [0.25, 0.3) is 0 Å². The predicted octanol–water partition coefficient (Wildman–Crippen LogP) is 2.47. The Bertz CT molecular complexity index is 475. The van der Waals surface area contributed by atoms with Crippen molar-refractivity contribution in [2.24, 2.45) is 7.05 Å². The number of hydrogen-bond donors (Lipinski definition) is 1. The van der Waals surface area contributed by atoms with Gasteiger partial charge in [0, 0.05) is 24.5 Å². The molecule has 18 heavy (non-hydrogen) atoms. The van der Waals surface area contributed by atoms with Gasteiger partial charge >= 0.3 is 0 Å². The van der Waals surface area contributed by atoms with Crippen molar-refractivity contribution in [1.82, 2.24) is 20.1 Å². The van der Waals surface area contributed by atoms with Gasteiger partial charge < -0.3 is 5.32 Å². The summed E-state index contributed by atoms with van der Waals surface area (Å²) in [7, 11) is 2.01. The molecule has 0 spiro atoms. The number of hydrogen-bond acceptors (Lipinski definition) is 4. The molecule has 2 heterocycles. The first-order chi connectivity index (χ1) is 8.70. The Kier molecular flexibility index (Phi) is 4.49. The van der Waals surface area contributed by atoms with Crippen LogP contribution < -0.4 is 5.32 Å². The van der Waals surface area contributed by atoms with E-state index in [2.05, 4.69) is 28.4 Å². The number of thiazole rings is 1. The van der Waals surface area contributed by atoms with E-state index in [-0.39, 0.29) is 0 Å². The Morgan fingerprint density at radius 1 is 1.50 bits per heavy atom. The monoisotopic (exact) mass is 264 g/mol. The highest BCUT2D eigenvalue weighted by atomic mass is 32.1. The van der Waals surface area contributed by atoms with E-state index in [1.807, 2.05) is 30.4 Å². The van der Waals surface area contributed by atoms with Gasteiger partial charge in [-0.1, -0.05) is 6.92 Å². The molecule has 0 saturated heterocycles. The maximum Gasteiger partial charge on any atom is 0.0794 e. The maximum absolute atomic E-state index is 4.43. The van der Waals surface area contributed by atoms with E-state index in [0.29, 0.717) is 6.04 Å². The zero-order chi connectivity index (χ0) is 13.0. The van der Waals surface area contributed by atoms with Crippen molar-refractivity contribution in [2.45, 2.75) is 32.7 Å². The molecule has 2 aromatic heterocycles. The molecule has 4 nitrogen and oxygen atoms in total. The topological polar surface area (TPSA) is 42.7 Å². The van der Waals surface area contributed by atoms with Crippen LogP contribution in [-0.4, -0.2) is 21.3 Å². The molecule has 0 aliphatic heterocycles. The summed E-state index contributed by atoms with van der Waals surface area (Å²) in [6.45, 7) is 5.24. The smallest absolute Gasteiger partial charge is 0.0794 e. The molecule has 2 aromatic rings. The standard InChI is InChI=1S/C13H20N4S/c1-4-5-15-12(7-11-8-14-9-18-11)13-6-10(2)16-17(13)3/h6,8-9,12,15H,4-5,7H2,1-3H3. The van der Waals surface area contributed by atoms with Crippen LogP contribution in [0.25, 0.3) is 0 Å². The summed E-state index contributed by atoms with van der Waals surface area (Å²) in [5.74, 6) is 0. The maximum atomic E-state index is 4.43. The normalized spacial score (nSPS) is 12.8. The van der Waals surface area contributed by atoms with Crippen molar-refractivity contribution in [3.8, 4) is 0 Å². The molecular formula is C13H20N4S. The first kappa shape index (κ1) is 13.2. The Morgan fingerprint density at radius 2 is 2.33 bits per heavy atom. The van der Waals surface area contributed by atoms with Crippen molar-refractivity contribution >= 4 is 11.3 Å². The van der Waals surface area contributed by atoms with Crippen LogP contribution in [0.5, 0.6) is 0 Å². The van der Waals surface area contributed by atoms with Gasteiger partial charge in [-0.2, -0.15) is 5.10 Å². The molecule has 98 valence electrons. The quantitative estimate of drug-likeness (QED) is 0.871. The van der Waals surface area contributed by atoms with Crippen LogP contribution in [0, 0.1) is 6.92 Å². The summed E-state index contributed by atoms with van der Waals surface area (Å²) in [6.07, 6.45) is 4.06. The third-order valence-corrected chi connectivity index (χ3v) is 3.73. The second-order valence-electron chi connectivity index (χ2n) is 4.51. The molecule has 2 rings (SSSR count). The molecule has 0 radical (unpaired) electrons.